The molecule has 3 aromatic rings. The van der Waals surface area contributed by atoms with Gasteiger partial charge in [-0.15, -0.1) is 5.10 Å². The molecule has 1 atom stereocenters. The van der Waals surface area contributed by atoms with Crippen molar-refractivity contribution in [3.8, 4) is 0 Å². The Bertz CT molecular complexity index is 1110. The van der Waals surface area contributed by atoms with Crippen molar-refractivity contribution in [2.75, 3.05) is 28.6 Å². The van der Waals surface area contributed by atoms with E-state index in [1.807, 2.05) is 32.0 Å². The van der Waals surface area contributed by atoms with Gasteiger partial charge in [-0.1, -0.05) is 6.07 Å². The Kier molecular flexibility index (Phi) is 3.95. The van der Waals surface area contributed by atoms with E-state index < -0.39 is 5.41 Å². The number of nitrogens with two attached hydrogens (primary N) is 1. The number of nitrogens with one attached hydrogen (secondary N) is 2. The Labute approximate surface area is 168 Å². The number of nitrogens with zero attached hydrogens (tertiary/aromatic N) is 5. The van der Waals surface area contributed by atoms with Gasteiger partial charge in [0.25, 0.3) is 0 Å². The van der Waals surface area contributed by atoms with Crippen LogP contribution in [0.2, 0.25) is 0 Å². The molecular weight excluding hydrogens is 368 g/mol. The van der Waals surface area contributed by atoms with Crippen molar-refractivity contribution in [3.63, 3.8) is 0 Å². The predicted molar refractivity (Wildman–Crippen MR) is 112 cm³/mol. The Balaban J connectivity index is 1.44. The molecule has 29 heavy (non-hydrogen) atoms. The standard InChI is InChI=1S/C20H24N8O/c1-20(2)14-6-5-13(10-15(14)24-18(20)29)23-19-25-17-16(22-7-9-28(17)26-19)27-8-3-4-12(21)11-27/h5-7,9-10,12H,3-4,8,11,21H2,1-2H3,(H,23,26)(H,24,29)/t12-/m0/s1. The lowest BCUT2D eigenvalue weighted by atomic mass is 9.86. The maximum atomic E-state index is 12.2. The average molecular weight is 392 g/mol. The number of hydrogen-bond donors (Lipinski definition) is 3. The van der Waals surface area contributed by atoms with E-state index in [9.17, 15) is 4.79 Å². The number of fused-ring (bicyclic) bond motifs is 2. The zero-order valence-electron chi connectivity index (χ0n) is 16.5. The Morgan fingerprint density at radius 3 is 3.03 bits per heavy atom. The smallest absolute Gasteiger partial charge is 0.247 e. The second kappa shape index (κ2) is 6.41. The number of aromatic nitrogens is 4. The van der Waals surface area contributed by atoms with Crippen molar-refractivity contribution in [1.29, 1.82) is 0 Å². The Morgan fingerprint density at radius 1 is 1.34 bits per heavy atom. The highest BCUT2D eigenvalue weighted by molar-refractivity contribution is 6.06. The number of rotatable bonds is 3. The zero-order chi connectivity index (χ0) is 20.2. The lowest BCUT2D eigenvalue weighted by Crippen LogP contribution is -2.43. The van der Waals surface area contributed by atoms with Gasteiger partial charge in [-0.2, -0.15) is 4.98 Å². The van der Waals surface area contributed by atoms with E-state index in [1.54, 1.807) is 16.9 Å². The fraction of sp³-hybridized carbons (Fsp3) is 0.400. The van der Waals surface area contributed by atoms with Crippen LogP contribution in [0.25, 0.3) is 5.65 Å². The first-order valence-corrected chi connectivity index (χ1v) is 9.87. The van der Waals surface area contributed by atoms with Crippen LogP contribution < -0.4 is 21.3 Å². The van der Waals surface area contributed by atoms with Gasteiger partial charge < -0.3 is 21.3 Å². The summed E-state index contributed by atoms with van der Waals surface area (Å²) in [4.78, 5) is 23.5. The summed E-state index contributed by atoms with van der Waals surface area (Å²) < 4.78 is 1.73. The van der Waals surface area contributed by atoms with Gasteiger partial charge >= 0.3 is 0 Å². The summed E-state index contributed by atoms with van der Waals surface area (Å²) in [5.41, 5.74) is 8.92. The third-order valence-corrected chi connectivity index (χ3v) is 5.76. The maximum Gasteiger partial charge on any atom is 0.247 e. The van der Waals surface area contributed by atoms with Crippen LogP contribution in [-0.4, -0.2) is 44.6 Å². The number of amides is 1. The molecule has 0 aliphatic carbocycles. The molecule has 0 radical (unpaired) electrons. The van der Waals surface area contributed by atoms with Gasteiger partial charge in [0.2, 0.25) is 11.9 Å². The lowest BCUT2D eigenvalue weighted by molar-refractivity contribution is -0.119. The molecule has 1 amide bonds. The van der Waals surface area contributed by atoms with Gasteiger partial charge in [0.05, 0.1) is 5.41 Å². The van der Waals surface area contributed by atoms with E-state index in [4.69, 9.17) is 5.73 Å². The molecular formula is C20H24N8O. The van der Waals surface area contributed by atoms with Crippen molar-refractivity contribution in [1.82, 2.24) is 19.6 Å². The quantitative estimate of drug-likeness (QED) is 0.625. The summed E-state index contributed by atoms with van der Waals surface area (Å²) in [6, 6.07) is 5.97. The van der Waals surface area contributed by atoms with Crippen molar-refractivity contribution in [2.45, 2.75) is 38.1 Å². The lowest BCUT2D eigenvalue weighted by Gasteiger charge is -2.31. The van der Waals surface area contributed by atoms with Gasteiger partial charge in [0, 0.05) is 42.9 Å². The second-order valence-electron chi connectivity index (χ2n) is 8.27. The third-order valence-electron chi connectivity index (χ3n) is 5.76. The van der Waals surface area contributed by atoms with E-state index in [1.165, 1.54) is 0 Å². The molecule has 1 aromatic carbocycles. The average Bonchev–Trinajstić information content (AvgIpc) is 3.19. The van der Waals surface area contributed by atoms with Gasteiger partial charge in [0.15, 0.2) is 11.5 Å². The topological polar surface area (TPSA) is 113 Å². The molecule has 9 heteroatoms. The fourth-order valence-corrected chi connectivity index (χ4v) is 4.08. The summed E-state index contributed by atoms with van der Waals surface area (Å²) in [5.74, 6) is 1.28. The SMILES string of the molecule is CC1(C)C(=O)Nc2cc(Nc3nc4c(N5CCC[C@H](N)C5)nccn4n3)ccc21. The fourth-order valence-electron chi connectivity index (χ4n) is 4.08. The van der Waals surface area contributed by atoms with Crippen molar-refractivity contribution in [3.05, 3.63) is 36.2 Å². The third kappa shape index (κ3) is 2.98. The van der Waals surface area contributed by atoms with Crippen LogP contribution in [0.15, 0.2) is 30.6 Å². The van der Waals surface area contributed by atoms with Gasteiger partial charge in [-0.3, -0.25) is 4.79 Å². The van der Waals surface area contributed by atoms with Crippen LogP contribution in [0.5, 0.6) is 0 Å². The molecule has 5 rings (SSSR count). The van der Waals surface area contributed by atoms with Crippen LogP contribution in [0.3, 0.4) is 0 Å². The molecule has 1 fully saturated rings. The largest absolute Gasteiger partial charge is 0.352 e. The summed E-state index contributed by atoms with van der Waals surface area (Å²) in [6.45, 7) is 5.52. The number of hydrogen-bond acceptors (Lipinski definition) is 7. The molecule has 4 N–H and O–H groups in total. The van der Waals surface area contributed by atoms with Crippen LogP contribution in [-0.2, 0) is 10.2 Å². The zero-order valence-corrected chi connectivity index (χ0v) is 16.5. The highest BCUT2D eigenvalue weighted by atomic mass is 16.2. The normalized spacial score (nSPS) is 20.6. The van der Waals surface area contributed by atoms with Crippen LogP contribution >= 0.6 is 0 Å². The summed E-state index contributed by atoms with van der Waals surface area (Å²) >= 11 is 0. The van der Waals surface area contributed by atoms with Gasteiger partial charge in [-0.25, -0.2) is 9.50 Å². The first kappa shape index (κ1) is 17.9. The molecule has 1 saturated heterocycles. The van der Waals surface area contributed by atoms with Crippen LogP contribution in [0, 0.1) is 0 Å². The van der Waals surface area contributed by atoms with Crippen molar-refractivity contribution < 1.29 is 4.79 Å². The predicted octanol–water partition coefficient (Wildman–Crippen LogP) is 2.03. The monoisotopic (exact) mass is 392 g/mol. The number of carbonyl (C=O) groups excluding carboxylic acids is 1. The molecule has 2 aromatic heterocycles. The summed E-state index contributed by atoms with van der Waals surface area (Å²) in [6.07, 6.45) is 5.59. The minimum absolute atomic E-state index is 0.00552. The number of anilines is 4. The van der Waals surface area contributed by atoms with Crippen molar-refractivity contribution in [2.24, 2.45) is 5.73 Å². The van der Waals surface area contributed by atoms with Crippen LogP contribution in [0.4, 0.5) is 23.1 Å². The van der Waals surface area contributed by atoms with Gasteiger partial charge in [0.1, 0.15) is 0 Å². The second-order valence-corrected chi connectivity index (χ2v) is 8.27. The van der Waals surface area contributed by atoms with E-state index in [2.05, 4.69) is 30.6 Å². The minimum Gasteiger partial charge on any atom is -0.352 e. The summed E-state index contributed by atoms with van der Waals surface area (Å²) in [7, 11) is 0. The van der Waals surface area contributed by atoms with Crippen LogP contribution in [0.1, 0.15) is 32.3 Å². The highest BCUT2D eigenvalue weighted by Gasteiger charge is 2.38. The number of benzene rings is 1. The molecule has 2 aliphatic rings. The van der Waals surface area contributed by atoms with E-state index in [0.29, 0.717) is 11.6 Å². The Hall–Kier alpha value is -3.20. The maximum absolute atomic E-state index is 12.2. The molecule has 9 nitrogen and oxygen atoms in total. The molecule has 150 valence electrons. The molecule has 0 unspecified atom stereocenters. The minimum atomic E-state index is -0.523. The summed E-state index contributed by atoms with van der Waals surface area (Å²) in [5, 5.41) is 10.7. The Morgan fingerprint density at radius 2 is 2.21 bits per heavy atom. The van der Waals surface area contributed by atoms with E-state index in [-0.39, 0.29) is 11.9 Å². The van der Waals surface area contributed by atoms with E-state index in [0.717, 1.165) is 48.7 Å². The molecule has 0 saturated carbocycles. The van der Waals surface area contributed by atoms with E-state index >= 15 is 0 Å². The first-order valence-electron chi connectivity index (χ1n) is 9.87. The molecule has 2 aliphatic heterocycles. The molecule has 0 spiro atoms. The van der Waals surface area contributed by atoms with Gasteiger partial charge in [-0.05, 0) is 44.4 Å². The highest BCUT2D eigenvalue weighted by Crippen LogP contribution is 2.39. The number of carbonyl (C=O) groups is 1. The molecule has 4 heterocycles. The number of piperidine rings is 1. The van der Waals surface area contributed by atoms with Crippen molar-refractivity contribution >= 4 is 34.7 Å². The first-order chi connectivity index (χ1) is 13.9. The molecule has 0 bridgehead atoms.